The number of ether oxygens (including phenoxy) is 2. The molecule has 154 valence electrons. The van der Waals surface area contributed by atoms with Gasteiger partial charge in [0.1, 0.15) is 11.6 Å². The molecule has 30 heavy (non-hydrogen) atoms. The zero-order chi connectivity index (χ0) is 20.9. The summed E-state index contributed by atoms with van der Waals surface area (Å²) >= 11 is 2.63. The van der Waals surface area contributed by atoms with Crippen molar-refractivity contribution in [1.29, 1.82) is 0 Å². The lowest BCUT2D eigenvalue weighted by atomic mass is 9.88. The molecule has 0 radical (unpaired) electrons. The SMILES string of the molecule is CC1(C(=O)Nc2ccc(Oc3sc(C(N)=O)c4c3-c3sncc3CC4)cn2)COC1. The van der Waals surface area contributed by atoms with Crippen molar-refractivity contribution in [2.24, 2.45) is 11.1 Å². The van der Waals surface area contributed by atoms with Gasteiger partial charge in [0, 0.05) is 6.20 Å². The number of nitrogens with two attached hydrogens (primary N) is 1. The molecule has 5 rings (SSSR count). The normalized spacial score (nSPS) is 16.2. The van der Waals surface area contributed by atoms with Gasteiger partial charge in [-0.25, -0.2) is 9.36 Å². The Balaban J connectivity index is 1.40. The summed E-state index contributed by atoms with van der Waals surface area (Å²) in [7, 11) is 0. The van der Waals surface area contributed by atoms with E-state index < -0.39 is 11.3 Å². The molecule has 4 heterocycles. The van der Waals surface area contributed by atoms with Crippen molar-refractivity contribution < 1.29 is 19.1 Å². The number of pyridine rings is 1. The first kappa shape index (κ1) is 19.2. The van der Waals surface area contributed by atoms with Gasteiger partial charge in [-0.05, 0) is 54.6 Å². The Morgan fingerprint density at radius 2 is 2.10 bits per heavy atom. The molecule has 0 unspecified atom stereocenters. The second-order valence-corrected chi connectivity index (χ2v) is 9.39. The molecule has 1 aliphatic carbocycles. The van der Waals surface area contributed by atoms with Gasteiger partial charge in [-0.1, -0.05) is 11.3 Å². The zero-order valence-electron chi connectivity index (χ0n) is 16.1. The van der Waals surface area contributed by atoms with Crippen molar-refractivity contribution in [1.82, 2.24) is 9.36 Å². The molecule has 0 bridgehead atoms. The molecule has 1 saturated heterocycles. The van der Waals surface area contributed by atoms with Crippen molar-refractivity contribution in [3.63, 3.8) is 0 Å². The van der Waals surface area contributed by atoms with Gasteiger partial charge in [0.15, 0.2) is 5.06 Å². The van der Waals surface area contributed by atoms with Gasteiger partial charge >= 0.3 is 0 Å². The number of hydrogen-bond acceptors (Lipinski definition) is 8. The fourth-order valence-electron chi connectivity index (χ4n) is 3.51. The average molecular weight is 443 g/mol. The predicted octanol–water partition coefficient (Wildman–Crippen LogP) is 3.23. The Bertz CT molecular complexity index is 1150. The third-order valence-electron chi connectivity index (χ3n) is 5.29. The lowest BCUT2D eigenvalue weighted by Crippen LogP contribution is -2.49. The highest BCUT2D eigenvalue weighted by Gasteiger charge is 2.41. The largest absolute Gasteiger partial charge is 0.444 e. The van der Waals surface area contributed by atoms with Crippen molar-refractivity contribution in [3.05, 3.63) is 40.5 Å². The van der Waals surface area contributed by atoms with Crippen LogP contribution in [0, 0.1) is 5.41 Å². The van der Waals surface area contributed by atoms with E-state index in [-0.39, 0.29) is 5.91 Å². The summed E-state index contributed by atoms with van der Waals surface area (Å²) in [6.45, 7) is 2.67. The van der Waals surface area contributed by atoms with Crippen LogP contribution in [0.4, 0.5) is 5.82 Å². The Morgan fingerprint density at radius 3 is 2.77 bits per heavy atom. The van der Waals surface area contributed by atoms with E-state index in [2.05, 4.69) is 14.7 Å². The van der Waals surface area contributed by atoms with E-state index in [1.54, 1.807) is 18.3 Å². The highest BCUT2D eigenvalue weighted by Crippen LogP contribution is 2.49. The number of amides is 2. The molecule has 3 aromatic rings. The first-order valence-corrected chi connectivity index (χ1v) is 11.0. The van der Waals surface area contributed by atoms with Crippen molar-refractivity contribution in [2.75, 3.05) is 18.5 Å². The quantitative estimate of drug-likeness (QED) is 0.627. The molecule has 0 atom stereocenters. The number of aromatic nitrogens is 2. The lowest BCUT2D eigenvalue weighted by Gasteiger charge is -2.36. The number of fused-ring (bicyclic) bond motifs is 3. The molecule has 1 aliphatic heterocycles. The van der Waals surface area contributed by atoms with E-state index in [0.717, 1.165) is 34.4 Å². The van der Waals surface area contributed by atoms with Crippen molar-refractivity contribution in [2.45, 2.75) is 19.8 Å². The summed E-state index contributed by atoms with van der Waals surface area (Å²) in [4.78, 5) is 30.1. The number of hydrogen-bond donors (Lipinski definition) is 2. The molecule has 0 saturated carbocycles. The minimum Gasteiger partial charge on any atom is -0.444 e. The van der Waals surface area contributed by atoms with Crippen molar-refractivity contribution >= 4 is 40.5 Å². The fourth-order valence-corrected chi connectivity index (χ4v) is 5.52. The van der Waals surface area contributed by atoms with Crippen LogP contribution in [0.25, 0.3) is 10.4 Å². The number of carbonyl (C=O) groups is 2. The first-order chi connectivity index (χ1) is 14.4. The van der Waals surface area contributed by atoms with Crippen molar-refractivity contribution in [3.8, 4) is 21.3 Å². The van der Waals surface area contributed by atoms with Crippen LogP contribution < -0.4 is 15.8 Å². The third kappa shape index (κ3) is 3.17. The summed E-state index contributed by atoms with van der Waals surface area (Å²) in [6.07, 6.45) is 4.96. The Hall–Kier alpha value is -2.82. The van der Waals surface area contributed by atoms with Crippen LogP contribution in [-0.2, 0) is 22.4 Å². The number of thiophene rings is 1. The second kappa shape index (κ2) is 7.15. The maximum Gasteiger partial charge on any atom is 0.259 e. The molecule has 10 heteroatoms. The van der Waals surface area contributed by atoms with Gasteiger partial charge in [0.25, 0.3) is 5.91 Å². The summed E-state index contributed by atoms with van der Waals surface area (Å²) in [5.41, 5.74) is 8.06. The summed E-state index contributed by atoms with van der Waals surface area (Å²) in [6, 6.07) is 3.41. The molecule has 8 nitrogen and oxygen atoms in total. The van der Waals surface area contributed by atoms with Gasteiger partial charge in [0.05, 0.1) is 40.1 Å². The van der Waals surface area contributed by atoms with Gasteiger partial charge < -0.3 is 20.5 Å². The second-order valence-electron chi connectivity index (χ2n) is 7.61. The minimum atomic E-state index is -0.509. The molecule has 1 fully saturated rings. The van der Waals surface area contributed by atoms with E-state index in [4.69, 9.17) is 15.2 Å². The summed E-state index contributed by atoms with van der Waals surface area (Å²) < 4.78 is 15.5. The van der Waals surface area contributed by atoms with Crippen LogP contribution in [0.2, 0.25) is 0 Å². The van der Waals surface area contributed by atoms with E-state index in [9.17, 15) is 9.59 Å². The molecule has 0 aromatic carbocycles. The monoisotopic (exact) mass is 442 g/mol. The van der Waals surface area contributed by atoms with E-state index >= 15 is 0 Å². The fraction of sp³-hybridized carbons (Fsp3) is 0.300. The van der Waals surface area contributed by atoms with Gasteiger partial charge in [-0.15, -0.1) is 0 Å². The number of carbonyl (C=O) groups excluding carboxylic acids is 2. The van der Waals surface area contributed by atoms with Gasteiger partial charge in [0.2, 0.25) is 5.91 Å². The lowest BCUT2D eigenvalue weighted by molar-refractivity contribution is -0.151. The Morgan fingerprint density at radius 1 is 1.27 bits per heavy atom. The number of nitrogens with one attached hydrogen (secondary N) is 1. The highest BCUT2D eigenvalue weighted by atomic mass is 32.1. The molecular formula is C20H18N4O4S2. The third-order valence-corrected chi connectivity index (χ3v) is 7.28. The van der Waals surface area contributed by atoms with E-state index in [1.165, 1.54) is 22.9 Å². The molecule has 3 aromatic heterocycles. The highest BCUT2D eigenvalue weighted by molar-refractivity contribution is 7.17. The summed E-state index contributed by atoms with van der Waals surface area (Å²) in [5, 5.41) is 3.40. The standard InChI is InChI=1S/C20H18N4O4S2/c1-20(8-27-9-20)19(26)24-13-5-3-11(7-22-13)28-18-14-12(16(29-18)17(21)25)4-2-10-6-23-30-15(10)14/h3,5-7H,2,4,8-9H2,1H3,(H2,21,25)(H,22,24,26). The summed E-state index contributed by atoms with van der Waals surface area (Å²) in [5.74, 6) is 0.369. The van der Waals surface area contributed by atoms with Crippen LogP contribution in [0.3, 0.4) is 0 Å². The molecular weight excluding hydrogens is 424 g/mol. The Kier molecular flexibility index (Phi) is 4.57. The first-order valence-electron chi connectivity index (χ1n) is 9.37. The maximum absolute atomic E-state index is 12.3. The maximum atomic E-state index is 12.3. The van der Waals surface area contributed by atoms with Crippen LogP contribution in [0.5, 0.6) is 10.8 Å². The zero-order valence-corrected chi connectivity index (χ0v) is 17.7. The van der Waals surface area contributed by atoms with E-state index in [0.29, 0.717) is 34.7 Å². The molecule has 3 N–H and O–H groups in total. The van der Waals surface area contributed by atoms with Gasteiger partial charge in [-0.2, -0.15) is 0 Å². The number of aryl methyl sites for hydroxylation is 1. The topological polar surface area (TPSA) is 116 Å². The number of nitrogens with zero attached hydrogens (tertiary/aromatic N) is 2. The smallest absolute Gasteiger partial charge is 0.259 e. The molecule has 2 amide bonds. The number of primary amides is 1. The minimum absolute atomic E-state index is 0.119. The van der Waals surface area contributed by atoms with Crippen LogP contribution in [-0.4, -0.2) is 34.4 Å². The number of anilines is 1. The Labute approximate surface area is 180 Å². The predicted molar refractivity (Wildman–Crippen MR) is 113 cm³/mol. The molecule has 0 spiro atoms. The average Bonchev–Trinajstić information content (AvgIpc) is 3.32. The van der Waals surface area contributed by atoms with Crippen LogP contribution in [0.15, 0.2) is 24.5 Å². The van der Waals surface area contributed by atoms with Crippen LogP contribution >= 0.6 is 22.9 Å². The molecule has 2 aliphatic rings. The van der Waals surface area contributed by atoms with Crippen LogP contribution in [0.1, 0.15) is 27.7 Å². The number of rotatable bonds is 5. The van der Waals surface area contributed by atoms with Gasteiger partial charge in [-0.3, -0.25) is 9.59 Å². The van der Waals surface area contributed by atoms with E-state index in [1.807, 2.05) is 13.1 Å².